The number of fused-ring (bicyclic) bond motifs is 1. The van der Waals surface area contributed by atoms with Gasteiger partial charge in [0.1, 0.15) is 5.03 Å². The van der Waals surface area contributed by atoms with Gasteiger partial charge < -0.3 is 5.32 Å². The number of amides is 1. The van der Waals surface area contributed by atoms with Crippen molar-refractivity contribution in [1.29, 1.82) is 0 Å². The van der Waals surface area contributed by atoms with E-state index in [1.165, 1.54) is 35.0 Å². The third kappa shape index (κ3) is 3.94. The van der Waals surface area contributed by atoms with Gasteiger partial charge in [0.15, 0.2) is 5.82 Å². The SMILES string of the molecule is CCc1cccc(NC(=O)CSc2ccc(-n3nc4c(c3C)CCC4)nn2)c1. The smallest absolute Gasteiger partial charge is 0.234 e. The van der Waals surface area contributed by atoms with Crippen LogP contribution in [0.4, 0.5) is 5.69 Å². The Hall–Kier alpha value is -2.67. The molecule has 6 nitrogen and oxygen atoms in total. The van der Waals surface area contributed by atoms with E-state index in [4.69, 9.17) is 0 Å². The lowest BCUT2D eigenvalue weighted by molar-refractivity contribution is -0.113. The number of nitrogens with zero attached hydrogens (tertiary/aromatic N) is 4. The molecular weight excluding hydrogens is 370 g/mol. The summed E-state index contributed by atoms with van der Waals surface area (Å²) in [5.41, 5.74) is 5.71. The number of carbonyl (C=O) groups excluding carboxylic acids is 1. The van der Waals surface area contributed by atoms with Crippen molar-refractivity contribution in [2.45, 2.75) is 44.6 Å². The second-order valence-electron chi connectivity index (χ2n) is 6.90. The van der Waals surface area contributed by atoms with Crippen molar-refractivity contribution in [2.75, 3.05) is 11.1 Å². The number of hydrogen-bond acceptors (Lipinski definition) is 5. The fourth-order valence-electron chi connectivity index (χ4n) is 3.48. The lowest BCUT2D eigenvalue weighted by atomic mass is 10.1. The van der Waals surface area contributed by atoms with Crippen molar-refractivity contribution in [2.24, 2.45) is 0 Å². The molecule has 28 heavy (non-hydrogen) atoms. The maximum atomic E-state index is 12.2. The lowest BCUT2D eigenvalue weighted by Gasteiger charge is -2.07. The Morgan fingerprint density at radius 1 is 1.21 bits per heavy atom. The molecule has 0 radical (unpaired) electrons. The molecule has 7 heteroatoms. The Labute approximate surface area is 168 Å². The van der Waals surface area contributed by atoms with E-state index in [1.54, 1.807) is 0 Å². The summed E-state index contributed by atoms with van der Waals surface area (Å²) in [7, 11) is 0. The maximum Gasteiger partial charge on any atom is 0.234 e. The van der Waals surface area contributed by atoms with Gasteiger partial charge in [0.25, 0.3) is 0 Å². The molecule has 0 atom stereocenters. The predicted molar refractivity (Wildman–Crippen MR) is 111 cm³/mol. The first-order valence-electron chi connectivity index (χ1n) is 9.57. The normalized spacial score (nSPS) is 12.8. The first-order valence-corrected chi connectivity index (χ1v) is 10.6. The molecule has 1 N–H and O–H groups in total. The van der Waals surface area contributed by atoms with Gasteiger partial charge >= 0.3 is 0 Å². The highest BCUT2D eigenvalue weighted by Crippen LogP contribution is 2.26. The highest BCUT2D eigenvalue weighted by atomic mass is 32.2. The van der Waals surface area contributed by atoms with E-state index >= 15 is 0 Å². The predicted octanol–water partition coefficient (Wildman–Crippen LogP) is 3.75. The molecule has 3 aromatic rings. The molecule has 0 spiro atoms. The summed E-state index contributed by atoms with van der Waals surface area (Å²) in [5, 5.41) is 16.9. The Morgan fingerprint density at radius 3 is 2.86 bits per heavy atom. The first kappa shape index (κ1) is 18.7. The lowest BCUT2D eigenvalue weighted by Crippen LogP contribution is -2.14. The molecule has 0 saturated carbocycles. The van der Waals surface area contributed by atoms with Gasteiger partial charge in [-0.05, 0) is 68.0 Å². The number of nitrogens with one attached hydrogen (secondary N) is 1. The molecule has 0 bridgehead atoms. The molecular formula is C21H23N5OS. The van der Waals surface area contributed by atoms with Crippen LogP contribution in [0.5, 0.6) is 0 Å². The molecule has 2 aromatic heterocycles. The molecule has 0 aliphatic heterocycles. The third-order valence-electron chi connectivity index (χ3n) is 4.98. The molecule has 0 saturated heterocycles. The van der Waals surface area contributed by atoms with E-state index in [0.29, 0.717) is 5.75 Å². The molecule has 0 unspecified atom stereocenters. The van der Waals surface area contributed by atoms with E-state index in [2.05, 4.69) is 40.5 Å². The summed E-state index contributed by atoms with van der Waals surface area (Å²) in [5.74, 6) is 0.958. The average molecular weight is 394 g/mol. The quantitative estimate of drug-likeness (QED) is 0.646. The van der Waals surface area contributed by atoms with Crippen LogP contribution >= 0.6 is 11.8 Å². The number of thioether (sulfide) groups is 1. The van der Waals surface area contributed by atoms with Crippen LogP contribution in [0.25, 0.3) is 5.82 Å². The van der Waals surface area contributed by atoms with Gasteiger partial charge in [0.2, 0.25) is 5.91 Å². The molecule has 4 rings (SSSR count). The maximum absolute atomic E-state index is 12.2. The van der Waals surface area contributed by atoms with Crippen LogP contribution in [0.1, 0.15) is 35.9 Å². The highest BCUT2D eigenvalue weighted by molar-refractivity contribution is 7.99. The fraction of sp³-hybridized carbons (Fsp3) is 0.333. The monoisotopic (exact) mass is 393 g/mol. The van der Waals surface area contributed by atoms with Gasteiger partial charge in [0, 0.05) is 11.4 Å². The summed E-state index contributed by atoms with van der Waals surface area (Å²) in [4.78, 5) is 12.2. The van der Waals surface area contributed by atoms with Crippen LogP contribution < -0.4 is 5.32 Å². The largest absolute Gasteiger partial charge is 0.325 e. The minimum Gasteiger partial charge on any atom is -0.325 e. The molecule has 2 heterocycles. The summed E-state index contributed by atoms with van der Waals surface area (Å²) < 4.78 is 1.87. The van der Waals surface area contributed by atoms with Crippen LogP contribution in [-0.2, 0) is 24.1 Å². The summed E-state index contributed by atoms with van der Waals surface area (Å²) in [6.07, 6.45) is 4.27. The first-order chi connectivity index (χ1) is 13.6. The van der Waals surface area contributed by atoms with Crippen LogP contribution in [0, 0.1) is 6.92 Å². The second kappa shape index (κ2) is 8.14. The van der Waals surface area contributed by atoms with Gasteiger partial charge in [-0.25, -0.2) is 4.68 Å². The van der Waals surface area contributed by atoms with Gasteiger partial charge in [-0.1, -0.05) is 30.8 Å². The van der Waals surface area contributed by atoms with E-state index in [-0.39, 0.29) is 5.91 Å². The molecule has 1 aromatic carbocycles. The number of benzene rings is 1. The fourth-order valence-corrected chi connectivity index (χ4v) is 4.10. The zero-order chi connectivity index (χ0) is 19.5. The van der Waals surface area contributed by atoms with E-state index < -0.39 is 0 Å². The Morgan fingerprint density at radius 2 is 2.11 bits per heavy atom. The molecule has 1 aliphatic carbocycles. The Kier molecular flexibility index (Phi) is 5.43. The number of aryl methyl sites for hydroxylation is 2. The van der Waals surface area contributed by atoms with Crippen molar-refractivity contribution in [3.05, 3.63) is 58.9 Å². The van der Waals surface area contributed by atoms with Gasteiger partial charge in [-0.15, -0.1) is 10.2 Å². The summed E-state index contributed by atoms with van der Waals surface area (Å²) in [6, 6.07) is 11.7. The van der Waals surface area contributed by atoms with Crippen LogP contribution in [0.3, 0.4) is 0 Å². The Balaban J connectivity index is 1.36. The summed E-state index contributed by atoms with van der Waals surface area (Å²) >= 11 is 1.37. The van der Waals surface area contributed by atoms with Crippen molar-refractivity contribution in [3.63, 3.8) is 0 Å². The van der Waals surface area contributed by atoms with E-state index in [1.807, 2.05) is 35.0 Å². The second-order valence-corrected chi connectivity index (χ2v) is 7.89. The van der Waals surface area contributed by atoms with Crippen molar-refractivity contribution >= 4 is 23.4 Å². The Bertz CT molecular complexity index is 997. The standard InChI is InChI=1S/C21H23N5OS/c1-3-15-6-4-7-16(12-15)22-20(27)13-28-21-11-10-19(23-24-21)26-14(2)17-8-5-9-18(17)25-26/h4,6-7,10-12H,3,5,8-9,13H2,1-2H3,(H,22,27). The minimum absolute atomic E-state index is 0.0523. The van der Waals surface area contributed by atoms with E-state index in [0.717, 1.165) is 41.5 Å². The van der Waals surface area contributed by atoms with E-state index in [9.17, 15) is 4.79 Å². The third-order valence-corrected chi connectivity index (χ3v) is 5.90. The van der Waals surface area contributed by atoms with Crippen molar-refractivity contribution < 1.29 is 4.79 Å². The molecule has 1 amide bonds. The number of carbonyl (C=O) groups is 1. The average Bonchev–Trinajstić information content (AvgIpc) is 3.30. The van der Waals surface area contributed by atoms with Gasteiger partial charge in [-0.2, -0.15) is 5.10 Å². The van der Waals surface area contributed by atoms with Crippen molar-refractivity contribution in [3.8, 4) is 5.82 Å². The number of aromatic nitrogens is 4. The zero-order valence-corrected chi connectivity index (χ0v) is 16.9. The van der Waals surface area contributed by atoms with Crippen molar-refractivity contribution in [1.82, 2.24) is 20.0 Å². The van der Waals surface area contributed by atoms with Crippen LogP contribution in [-0.4, -0.2) is 31.6 Å². The van der Waals surface area contributed by atoms with Crippen LogP contribution in [0.15, 0.2) is 41.4 Å². The zero-order valence-electron chi connectivity index (χ0n) is 16.1. The number of rotatable bonds is 6. The number of hydrogen-bond donors (Lipinski definition) is 1. The van der Waals surface area contributed by atoms with Gasteiger partial charge in [0.05, 0.1) is 11.4 Å². The number of anilines is 1. The topological polar surface area (TPSA) is 72.7 Å². The highest BCUT2D eigenvalue weighted by Gasteiger charge is 2.20. The molecule has 144 valence electrons. The van der Waals surface area contributed by atoms with Gasteiger partial charge in [-0.3, -0.25) is 4.79 Å². The summed E-state index contributed by atoms with van der Waals surface area (Å²) in [6.45, 7) is 4.18. The van der Waals surface area contributed by atoms with Crippen LogP contribution in [0.2, 0.25) is 0 Å². The molecule has 1 aliphatic rings. The minimum atomic E-state index is -0.0523. The molecule has 0 fully saturated rings.